The number of anilines is 1. The molecular formula is C14H22N2O2S. The van der Waals surface area contributed by atoms with Gasteiger partial charge >= 0.3 is 0 Å². The van der Waals surface area contributed by atoms with E-state index < -0.39 is 10.0 Å². The lowest BCUT2D eigenvalue weighted by atomic mass is 10.0. The van der Waals surface area contributed by atoms with Crippen LogP contribution in [0.5, 0.6) is 0 Å². The second-order valence-corrected chi connectivity index (χ2v) is 7.60. The molecule has 1 aromatic rings. The lowest BCUT2D eigenvalue weighted by Crippen LogP contribution is -2.44. The maximum atomic E-state index is 12.6. The van der Waals surface area contributed by atoms with Crippen molar-refractivity contribution in [3.05, 3.63) is 23.8 Å². The lowest BCUT2D eigenvalue weighted by molar-refractivity contribution is 0.257. The Balaban J connectivity index is 2.40. The minimum absolute atomic E-state index is 0.379. The number of hydrogen-bond donors (Lipinski definition) is 1. The Morgan fingerprint density at radius 1 is 1.37 bits per heavy atom. The third kappa shape index (κ3) is 2.49. The van der Waals surface area contributed by atoms with Gasteiger partial charge in [-0.2, -0.15) is 4.31 Å². The molecule has 1 aromatic carbocycles. The normalized spacial score (nSPS) is 15.4. The first-order chi connectivity index (χ1) is 8.79. The van der Waals surface area contributed by atoms with Crippen molar-refractivity contribution in [2.24, 2.45) is 0 Å². The smallest absolute Gasteiger partial charge is 0.243 e. The summed E-state index contributed by atoms with van der Waals surface area (Å²) in [6.07, 6.45) is 1.66. The van der Waals surface area contributed by atoms with Crippen molar-refractivity contribution in [1.29, 1.82) is 0 Å². The number of fused-ring (bicyclic) bond motifs is 1. The molecule has 19 heavy (non-hydrogen) atoms. The third-order valence-corrected chi connectivity index (χ3v) is 6.23. The van der Waals surface area contributed by atoms with Crippen LogP contribution in [0.1, 0.15) is 32.8 Å². The molecular weight excluding hydrogens is 260 g/mol. The van der Waals surface area contributed by atoms with Crippen molar-refractivity contribution in [2.45, 2.75) is 44.0 Å². The fourth-order valence-electron chi connectivity index (χ4n) is 2.15. The van der Waals surface area contributed by atoms with Gasteiger partial charge in [-0.25, -0.2) is 8.42 Å². The number of rotatable bonds is 4. The van der Waals surface area contributed by atoms with Crippen molar-refractivity contribution in [3.63, 3.8) is 0 Å². The van der Waals surface area contributed by atoms with E-state index in [9.17, 15) is 8.42 Å². The molecule has 2 rings (SSSR count). The van der Waals surface area contributed by atoms with Crippen LogP contribution in [0.2, 0.25) is 0 Å². The second-order valence-electron chi connectivity index (χ2n) is 5.63. The van der Waals surface area contributed by atoms with E-state index in [0.29, 0.717) is 4.90 Å². The van der Waals surface area contributed by atoms with E-state index in [1.807, 2.05) is 26.8 Å². The zero-order valence-electron chi connectivity index (χ0n) is 12.0. The van der Waals surface area contributed by atoms with Gasteiger partial charge in [0.1, 0.15) is 0 Å². The minimum atomic E-state index is -3.42. The number of nitrogens with zero attached hydrogens (tertiary/aromatic N) is 1. The molecule has 5 heteroatoms. The third-order valence-electron chi connectivity index (χ3n) is 4.16. The summed E-state index contributed by atoms with van der Waals surface area (Å²) in [7, 11) is -1.77. The van der Waals surface area contributed by atoms with Crippen LogP contribution in [0, 0.1) is 0 Å². The summed E-state index contributed by atoms with van der Waals surface area (Å²) in [5, 5.41) is 3.24. The fourth-order valence-corrected chi connectivity index (χ4v) is 3.77. The summed E-state index contributed by atoms with van der Waals surface area (Å²) in [6, 6.07) is 5.35. The first-order valence-corrected chi connectivity index (χ1v) is 8.09. The Morgan fingerprint density at radius 2 is 2.05 bits per heavy atom. The predicted octanol–water partition coefficient (Wildman–Crippen LogP) is 2.46. The molecule has 0 aromatic heterocycles. The van der Waals surface area contributed by atoms with Crippen LogP contribution in [0.25, 0.3) is 0 Å². The molecule has 4 nitrogen and oxygen atoms in total. The molecule has 0 bridgehead atoms. The van der Waals surface area contributed by atoms with Gasteiger partial charge in [-0.15, -0.1) is 0 Å². The van der Waals surface area contributed by atoms with Crippen molar-refractivity contribution in [2.75, 3.05) is 18.9 Å². The molecule has 1 N–H and O–H groups in total. The van der Waals surface area contributed by atoms with Crippen LogP contribution < -0.4 is 5.32 Å². The molecule has 1 aliphatic heterocycles. The van der Waals surface area contributed by atoms with Crippen molar-refractivity contribution >= 4 is 15.7 Å². The summed E-state index contributed by atoms with van der Waals surface area (Å²) in [5.41, 5.74) is 1.76. The first kappa shape index (κ1) is 14.3. The Kier molecular flexibility index (Phi) is 3.62. The molecule has 0 amide bonds. The van der Waals surface area contributed by atoms with Gasteiger partial charge in [-0.1, -0.05) is 6.92 Å². The molecule has 0 radical (unpaired) electrons. The molecule has 0 unspecified atom stereocenters. The largest absolute Gasteiger partial charge is 0.384 e. The van der Waals surface area contributed by atoms with E-state index in [2.05, 4.69) is 5.32 Å². The van der Waals surface area contributed by atoms with Gasteiger partial charge in [0.2, 0.25) is 10.0 Å². The number of benzene rings is 1. The maximum absolute atomic E-state index is 12.6. The zero-order chi connectivity index (χ0) is 14.3. The van der Waals surface area contributed by atoms with Gasteiger partial charge in [0.05, 0.1) is 4.90 Å². The summed E-state index contributed by atoms with van der Waals surface area (Å²) in [4.78, 5) is 0.388. The highest BCUT2D eigenvalue weighted by Crippen LogP contribution is 2.29. The summed E-state index contributed by atoms with van der Waals surface area (Å²) in [6.45, 7) is 6.77. The van der Waals surface area contributed by atoms with Gasteiger partial charge in [0.25, 0.3) is 0 Å². The van der Waals surface area contributed by atoms with Crippen LogP contribution in [0.15, 0.2) is 23.1 Å². The van der Waals surface area contributed by atoms with E-state index >= 15 is 0 Å². The van der Waals surface area contributed by atoms with Gasteiger partial charge in [0, 0.05) is 24.8 Å². The summed E-state index contributed by atoms with van der Waals surface area (Å²) in [5.74, 6) is 0. The summed E-state index contributed by atoms with van der Waals surface area (Å²) >= 11 is 0. The monoisotopic (exact) mass is 282 g/mol. The molecule has 1 aliphatic rings. The van der Waals surface area contributed by atoms with Gasteiger partial charge in [-0.3, -0.25) is 0 Å². The molecule has 106 valence electrons. The van der Waals surface area contributed by atoms with Crippen molar-refractivity contribution in [3.8, 4) is 0 Å². The maximum Gasteiger partial charge on any atom is 0.243 e. The van der Waals surface area contributed by atoms with E-state index in [1.54, 1.807) is 19.2 Å². The van der Waals surface area contributed by atoms with Crippen LogP contribution >= 0.6 is 0 Å². The predicted molar refractivity (Wildman–Crippen MR) is 78.0 cm³/mol. The lowest BCUT2D eigenvalue weighted by Gasteiger charge is -2.33. The molecule has 0 atom stereocenters. The van der Waals surface area contributed by atoms with E-state index in [1.165, 1.54) is 4.31 Å². The van der Waals surface area contributed by atoms with E-state index in [0.717, 1.165) is 30.6 Å². The van der Waals surface area contributed by atoms with Gasteiger partial charge in [0.15, 0.2) is 0 Å². The standard InChI is InChI=1S/C14H22N2O2S/c1-5-14(2,3)16(4)19(17,18)12-6-7-13-11(10-12)8-9-15-13/h6-7,10,15H,5,8-9H2,1-4H3. The molecule has 0 aliphatic carbocycles. The van der Waals surface area contributed by atoms with Crippen molar-refractivity contribution < 1.29 is 8.42 Å². The Bertz CT molecular complexity index is 579. The fraction of sp³-hybridized carbons (Fsp3) is 0.571. The second kappa shape index (κ2) is 4.80. The highest BCUT2D eigenvalue weighted by molar-refractivity contribution is 7.89. The number of sulfonamides is 1. The van der Waals surface area contributed by atoms with Crippen LogP contribution in [0.4, 0.5) is 5.69 Å². The SMILES string of the molecule is CCC(C)(C)N(C)S(=O)(=O)c1ccc2c(c1)CCN2. The Hall–Kier alpha value is -1.07. The van der Waals surface area contributed by atoms with Crippen LogP contribution in [-0.4, -0.2) is 31.9 Å². The molecule has 0 saturated carbocycles. The van der Waals surface area contributed by atoms with Crippen LogP contribution in [-0.2, 0) is 16.4 Å². The first-order valence-electron chi connectivity index (χ1n) is 6.65. The minimum Gasteiger partial charge on any atom is -0.384 e. The number of hydrogen-bond acceptors (Lipinski definition) is 3. The van der Waals surface area contributed by atoms with Gasteiger partial charge < -0.3 is 5.32 Å². The van der Waals surface area contributed by atoms with E-state index in [-0.39, 0.29) is 5.54 Å². The highest BCUT2D eigenvalue weighted by atomic mass is 32.2. The molecule has 0 spiro atoms. The molecule has 0 fully saturated rings. The highest BCUT2D eigenvalue weighted by Gasteiger charge is 2.33. The van der Waals surface area contributed by atoms with Crippen molar-refractivity contribution in [1.82, 2.24) is 4.31 Å². The molecule has 1 heterocycles. The Morgan fingerprint density at radius 3 is 2.68 bits per heavy atom. The van der Waals surface area contributed by atoms with Crippen LogP contribution in [0.3, 0.4) is 0 Å². The Labute approximate surface area is 115 Å². The average molecular weight is 282 g/mol. The average Bonchev–Trinajstić information content (AvgIpc) is 2.84. The quantitative estimate of drug-likeness (QED) is 0.923. The topological polar surface area (TPSA) is 49.4 Å². The zero-order valence-corrected chi connectivity index (χ0v) is 12.8. The molecule has 0 saturated heterocycles. The number of nitrogens with one attached hydrogen (secondary N) is 1. The summed E-state index contributed by atoms with van der Waals surface area (Å²) < 4.78 is 26.8. The van der Waals surface area contributed by atoms with Gasteiger partial charge in [-0.05, 0) is 50.5 Å². The van der Waals surface area contributed by atoms with E-state index in [4.69, 9.17) is 0 Å².